The molecule has 20 heavy (non-hydrogen) atoms. The summed E-state index contributed by atoms with van der Waals surface area (Å²) in [7, 11) is 2.78. The van der Waals surface area contributed by atoms with Crippen LogP contribution in [0.25, 0.3) is 6.08 Å². The van der Waals surface area contributed by atoms with Gasteiger partial charge in [-0.3, -0.25) is 9.59 Å². The van der Waals surface area contributed by atoms with Crippen LogP contribution in [0.5, 0.6) is 17.2 Å². The number of benzene rings is 1. The molecular formula is C13H15NO6. The number of carboxylic acids is 1. The fourth-order valence-electron chi connectivity index (χ4n) is 1.40. The van der Waals surface area contributed by atoms with E-state index in [4.69, 9.17) is 14.6 Å². The fourth-order valence-corrected chi connectivity index (χ4v) is 1.40. The standard InChI is InChI=1S/C13H15NO6/c1-19-9-5-8(6-10(20-2)13(9)18)3-4-11(15)14-7-12(16)17/h3-6,18H,7H2,1-2H3,(H,14,15)(H,16,17)/b4-3+. The van der Waals surface area contributed by atoms with Crippen LogP contribution in [0.2, 0.25) is 0 Å². The highest BCUT2D eigenvalue weighted by molar-refractivity contribution is 5.93. The number of aromatic hydroxyl groups is 1. The molecule has 0 aliphatic heterocycles. The van der Waals surface area contributed by atoms with E-state index in [0.717, 1.165) is 0 Å². The Morgan fingerprint density at radius 2 is 1.80 bits per heavy atom. The lowest BCUT2D eigenvalue weighted by molar-refractivity contribution is -0.137. The molecule has 108 valence electrons. The highest BCUT2D eigenvalue weighted by Gasteiger charge is 2.10. The predicted molar refractivity (Wildman–Crippen MR) is 70.9 cm³/mol. The summed E-state index contributed by atoms with van der Waals surface area (Å²) in [5.41, 5.74) is 0.557. The molecule has 1 rings (SSSR count). The molecule has 0 radical (unpaired) electrons. The van der Waals surface area contributed by atoms with Crippen LogP contribution in [0.1, 0.15) is 5.56 Å². The quantitative estimate of drug-likeness (QED) is 0.660. The number of aliphatic carboxylic acids is 1. The molecule has 0 atom stereocenters. The molecule has 3 N–H and O–H groups in total. The number of methoxy groups -OCH3 is 2. The Bertz CT molecular complexity index is 513. The molecule has 7 nitrogen and oxygen atoms in total. The van der Waals surface area contributed by atoms with Crippen molar-refractivity contribution in [1.29, 1.82) is 0 Å². The van der Waals surface area contributed by atoms with E-state index < -0.39 is 18.4 Å². The molecule has 1 aromatic rings. The van der Waals surface area contributed by atoms with Crippen LogP contribution in [0.15, 0.2) is 18.2 Å². The van der Waals surface area contributed by atoms with Crippen LogP contribution < -0.4 is 14.8 Å². The summed E-state index contributed by atoms with van der Waals surface area (Å²) in [6.45, 7) is -0.453. The van der Waals surface area contributed by atoms with Gasteiger partial charge in [-0.1, -0.05) is 0 Å². The summed E-state index contributed by atoms with van der Waals surface area (Å²) in [4.78, 5) is 21.6. The molecule has 0 unspecified atom stereocenters. The zero-order valence-electron chi connectivity index (χ0n) is 11.0. The predicted octanol–water partition coefficient (Wildman–Crippen LogP) is 0.623. The number of carboxylic acid groups (broad SMARTS) is 1. The minimum atomic E-state index is -1.13. The third-order valence-electron chi connectivity index (χ3n) is 2.34. The van der Waals surface area contributed by atoms with Gasteiger partial charge in [-0.25, -0.2) is 0 Å². The van der Waals surface area contributed by atoms with Gasteiger partial charge in [0.15, 0.2) is 11.5 Å². The molecule has 1 amide bonds. The Labute approximate surface area is 115 Å². The minimum Gasteiger partial charge on any atom is -0.502 e. The second-order valence-corrected chi connectivity index (χ2v) is 3.72. The number of hydrogen-bond donors (Lipinski definition) is 3. The maximum atomic E-state index is 11.3. The molecule has 0 aliphatic rings. The molecule has 0 saturated heterocycles. The molecule has 0 bridgehead atoms. The third-order valence-corrected chi connectivity index (χ3v) is 2.34. The Morgan fingerprint density at radius 3 is 2.25 bits per heavy atom. The van der Waals surface area contributed by atoms with Crippen molar-refractivity contribution in [2.24, 2.45) is 0 Å². The smallest absolute Gasteiger partial charge is 0.322 e. The molecule has 1 aromatic carbocycles. The number of ether oxygens (including phenoxy) is 2. The first kappa shape index (κ1) is 15.4. The van der Waals surface area contributed by atoms with Crippen molar-refractivity contribution in [3.05, 3.63) is 23.8 Å². The maximum Gasteiger partial charge on any atom is 0.322 e. The van der Waals surface area contributed by atoms with Crippen LogP contribution in [0.3, 0.4) is 0 Å². The molecule has 0 fully saturated rings. The number of phenols is 1. The first-order valence-corrected chi connectivity index (χ1v) is 5.60. The number of phenolic OH excluding ortho intramolecular Hbond substituents is 1. The summed E-state index contributed by atoms with van der Waals surface area (Å²) in [5.74, 6) is -1.40. The summed E-state index contributed by atoms with van der Waals surface area (Å²) >= 11 is 0. The largest absolute Gasteiger partial charge is 0.502 e. The summed E-state index contributed by atoms with van der Waals surface area (Å²) in [6.07, 6.45) is 2.62. The molecular weight excluding hydrogens is 266 g/mol. The lowest BCUT2D eigenvalue weighted by Gasteiger charge is -2.09. The Morgan fingerprint density at radius 1 is 1.25 bits per heavy atom. The Kier molecular flexibility index (Phi) is 5.40. The fraction of sp³-hybridized carbons (Fsp3) is 0.231. The van der Waals surface area contributed by atoms with Crippen LogP contribution in [0.4, 0.5) is 0 Å². The van der Waals surface area contributed by atoms with E-state index in [9.17, 15) is 14.7 Å². The molecule has 0 aliphatic carbocycles. The number of carbonyl (C=O) groups excluding carboxylic acids is 1. The molecule has 0 aromatic heterocycles. The van der Waals surface area contributed by atoms with Gasteiger partial charge >= 0.3 is 5.97 Å². The highest BCUT2D eigenvalue weighted by Crippen LogP contribution is 2.37. The second-order valence-electron chi connectivity index (χ2n) is 3.72. The van der Waals surface area contributed by atoms with Gasteiger partial charge in [0.2, 0.25) is 11.7 Å². The number of carbonyl (C=O) groups is 2. The SMILES string of the molecule is COc1cc(/C=C/C(=O)NCC(=O)O)cc(OC)c1O. The Hall–Kier alpha value is -2.70. The Balaban J connectivity index is 2.86. The van der Waals surface area contributed by atoms with E-state index in [1.54, 1.807) is 0 Å². The second kappa shape index (κ2) is 7.03. The molecule has 7 heteroatoms. The summed E-state index contributed by atoms with van der Waals surface area (Å²) in [5, 5.41) is 20.3. The van der Waals surface area contributed by atoms with Crippen molar-refractivity contribution in [3.63, 3.8) is 0 Å². The number of rotatable bonds is 6. The lowest BCUT2D eigenvalue weighted by Crippen LogP contribution is -2.27. The van der Waals surface area contributed by atoms with Gasteiger partial charge < -0.3 is 25.0 Å². The first-order chi connectivity index (χ1) is 9.47. The van der Waals surface area contributed by atoms with E-state index in [0.29, 0.717) is 5.56 Å². The number of amides is 1. The van der Waals surface area contributed by atoms with Crippen LogP contribution in [0, 0.1) is 0 Å². The maximum absolute atomic E-state index is 11.3. The normalized spacial score (nSPS) is 10.3. The van der Waals surface area contributed by atoms with Crippen molar-refractivity contribution >= 4 is 18.0 Å². The van der Waals surface area contributed by atoms with E-state index >= 15 is 0 Å². The van der Waals surface area contributed by atoms with Gasteiger partial charge in [-0.05, 0) is 23.8 Å². The topological polar surface area (TPSA) is 105 Å². The van der Waals surface area contributed by atoms with Gasteiger partial charge in [0.25, 0.3) is 0 Å². The van der Waals surface area contributed by atoms with Gasteiger partial charge in [-0.2, -0.15) is 0 Å². The van der Waals surface area contributed by atoms with Crippen molar-refractivity contribution in [2.45, 2.75) is 0 Å². The average molecular weight is 281 g/mol. The van der Waals surface area contributed by atoms with E-state index in [1.807, 2.05) is 0 Å². The van der Waals surface area contributed by atoms with Gasteiger partial charge in [0, 0.05) is 6.08 Å². The average Bonchev–Trinajstić information content (AvgIpc) is 2.43. The van der Waals surface area contributed by atoms with Crippen molar-refractivity contribution in [3.8, 4) is 17.2 Å². The number of hydrogen-bond acceptors (Lipinski definition) is 5. The lowest BCUT2D eigenvalue weighted by atomic mass is 10.1. The summed E-state index contributed by atoms with van der Waals surface area (Å²) in [6, 6.07) is 3.03. The van der Waals surface area contributed by atoms with Crippen LogP contribution >= 0.6 is 0 Å². The van der Waals surface area contributed by atoms with Gasteiger partial charge in [0.05, 0.1) is 14.2 Å². The van der Waals surface area contributed by atoms with E-state index in [-0.39, 0.29) is 17.2 Å². The van der Waals surface area contributed by atoms with Crippen LogP contribution in [-0.2, 0) is 9.59 Å². The zero-order chi connectivity index (χ0) is 15.1. The monoisotopic (exact) mass is 281 g/mol. The molecule has 0 heterocycles. The van der Waals surface area contributed by atoms with Crippen LogP contribution in [-0.4, -0.2) is 42.9 Å². The molecule has 0 saturated carbocycles. The van der Waals surface area contributed by atoms with Crippen molar-refractivity contribution in [2.75, 3.05) is 20.8 Å². The van der Waals surface area contributed by atoms with Gasteiger partial charge in [-0.15, -0.1) is 0 Å². The number of nitrogens with one attached hydrogen (secondary N) is 1. The highest BCUT2D eigenvalue weighted by atomic mass is 16.5. The van der Waals surface area contributed by atoms with Gasteiger partial charge in [0.1, 0.15) is 6.54 Å². The first-order valence-electron chi connectivity index (χ1n) is 5.60. The minimum absolute atomic E-state index is 0.137. The van der Waals surface area contributed by atoms with E-state index in [1.165, 1.54) is 38.5 Å². The summed E-state index contributed by atoms with van der Waals surface area (Å²) < 4.78 is 9.94. The zero-order valence-corrected chi connectivity index (χ0v) is 11.0. The van der Waals surface area contributed by atoms with Crippen molar-refractivity contribution < 1.29 is 29.3 Å². The third kappa shape index (κ3) is 4.20. The molecule has 0 spiro atoms. The van der Waals surface area contributed by atoms with E-state index in [2.05, 4.69) is 5.32 Å². The van der Waals surface area contributed by atoms with Crippen molar-refractivity contribution in [1.82, 2.24) is 5.32 Å².